The van der Waals surface area contributed by atoms with Crippen LogP contribution in [-0.4, -0.2) is 22.6 Å². The molecule has 0 unspecified atom stereocenters. The van der Waals surface area contributed by atoms with Gasteiger partial charge < -0.3 is 10.1 Å². The van der Waals surface area contributed by atoms with Crippen LogP contribution in [0.25, 0.3) is 0 Å². The fraction of sp³-hybridized carbons (Fsp3) is 0.692. The van der Waals surface area contributed by atoms with Gasteiger partial charge in [0.25, 0.3) is 0 Å². The summed E-state index contributed by atoms with van der Waals surface area (Å²) in [6, 6.07) is 1.97. The van der Waals surface area contributed by atoms with Crippen LogP contribution >= 0.6 is 0 Å². The zero-order valence-electron chi connectivity index (χ0n) is 10.7. The second-order valence-electron chi connectivity index (χ2n) is 4.60. The Hall–Kier alpha value is -1.16. The molecule has 1 aliphatic rings. The number of nitrogens with one attached hydrogen (secondary N) is 1. The van der Waals surface area contributed by atoms with Gasteiger partial charge in [0.2, 0.25) is 0 Å². The average Bonchev–Trinajstić information content (AvgIpc) is 2.23. The molecular weight excluding hydrogens is 214 g/mol. The molecule has 94 valence electrons. The molecule has 4 heteroatoms. The molecule has 2 rings (SSSR count). The number of ether oxygens (including phenoxy) is 1. The first kappa shape index (κ1) is 12.3. The maximum absolute atomic E-state index is 5.73. The van der Waals surface area contributed by atoms with Gasteiger partial charge in [-0.15, -0.1) is 0 Å². The van der Waals surface area contributed by atoms with Crippen molar-refractivity contribution in [2.75, 3.05) is 11.9 Å². The van der Waals surface area contributed by atoms with E-state index in [9.17, 15) is 0 Å². The lowest BCUT2D eigenvalue weighted by Crippen LogP contribution is -2.22. The van der Waals surface area contributed by atoms with Gasteiger partial charge in [0.15, 0.2) is 5.82 Å². The fourth-order valence-corrected chi connectivity index (χ4v) is 1.77. The summed E-state index contributed by atoms with van der Waals surface area (Å²) in [5.41, 5.74) is 0.991. The van der Waals surface area contributed by atoms with Crippen LogP contribution in [-0.2, 0) is 11.3 Å². The van der Waals surface area contributed by atoms with Gasteiger partial charge in [-0.1, -0.05) is 6.92 Å². The normalized spacial score (nSPS) is 15.6. The van der Waals surface area contributed by atoms with Crippen LogP contribution < -0.4 is 5.32 Å². The van der Waals surface area contributed by atoms with Crippen LogP contribution in [0.2, 0.25) is 0 Å². The van der Waals surface area contributed by atoms with Crippen molar-refractivity contribution in [3.8, 4) is 0 Å². The number of hydrogen-bond donors (Lipinski definition) is 1. The SMILES string of the molecule is CCCNc1cc(C)nc(COC2CCC2)n1. The summed E-state index contributed by atoms with van der Waals surface area (Å²) in [7, 11) is 0. The van der Waals surface area contributed by atoms with E-state index in [4.69, 9.17) is 4.74 Å². The van der Waals surface area contributed by atoms with Crippen molar-refractivity contribution in [2.45, 2.75) is 52.2 Å². The van der Waals surface area contributed by atoms with Crippen molar-refractivity contribution in [1.29, 1.82) is 0 Å². The molecule has 0 radical (unpaired) electrons. The summed E-state index contributed by atoms with van der Waals surface area (Å²) in [4.78, 5) is 8.85. The van der Waals surface area contributed by atoms with E-state index in [2.05, 4.69) is 22.2 Å². The van der Waals surface area contributed by atoms with Gasteiger partial charge in [-0.3, -0.25) is 0 Å². The van der Waals surface area contributed by atoms with Crippen LogP contribution in [0.15, 0.2) is 6.07 Å². The largest absolute Gasteiger partial charge is 0.370 e. The monoisotopic (exact) mass is 235 g/mol. The molecular formula is C13H21N3O. The minimum absolute atomic E-state index is 0.436. The molecule has 0 amide bonds. The van der Waals surface area contributed by atoms with Gasteiger partial charge in [0.05, 0.1) is 6.10 Å². The lowest BCUT2D eigenvalue weighted by molar-refractivity contribution is -0.0116. The van der Waals surface area contributed by atoms with Crippen molar-refractivity contribution in [3.63, 3.8) is 0 Å². The van der Waals surface area contributed by atoms with Crippen molar-refractivity contribution >= 4 is 5.82 Å². The summed E-state index contributed by atoms with van der Waals surface area (Å²) in [5, 5.41) is 3.28. The first-order valence-electron chi connectivity index (χ1n) is 6.48. The van der Waals surface area contributed by atoms with Gasteiger partial charge in [-0.05, 0) is 32.6 Å². The van der Waals surface area contributed by atoms with E-state index in [0.717, 1.165) is 30.3 Å². The molecule has 0 atom stereocenters. The first-order valence-corrected chi connectivity index (χ1v) is 6.48. The average molecular weight is 235 g/mol. The highest BCUT2D eigenvalue weighted by atomic mass is 16.5. The summed E-state index contributed by atoms with van der Waals surface area (Å²) < 4.78 is 5.73. The van der Waals surface area contributed by atoms with Crippen molar-refractivity contribution in [1.82, 2.24) is 9.97 Å². The maximum Gasteiger partial charge on any atom is 0.156 e. The van der Waals surface area contributed by atoms with Crippen LogP contribution in [0.3, 0.4) is 0 Å². The van der Waals surface area contributed by atoms with E-state index in [1.807, 2.05) is 13.0 Å². The predicted molar refractivity (Wildman–Crippen MR) is 68.0 cm³/mol. The van der Waals surface area contributed by atoms with Gasteiger partial charge in [0.1, 0.15) is 12.4 Å². The van der Waals surface area contributed by atoms with E-state index in [1.54, 1.807) is 0 Å². The lowest BCUT2D eigenvalue weighted by atomic mass is 9.96. The molecule has 1 heterocycles. The van der Waals surface area contributed by atoms with Crippen molar-refractivity contribution in [3.05, 3.63) is 17.6 Å². The molecule has 0 spiro atoms. The number of aromatic nitrogens is 2. The van der Waals surface area contributed by atoms with Gasteiger partial charge in [0, 0.05) is 18.3 Å². The number of anilines is 1. The number of nitrogens with zero attached hydrogens (tertiary/aromatic N) is 2. The first-order chi connectivity index (χ1) is 8.28. The lowest BCUT2D eigenvalue weighted by Gasteiger charge is -2.25. The third-order valence-electron chi connectivity index (χ3n) is 2.96. The minimum Gasteiger partial charge on any atom is -0.370 e. The standard InChI is InChI=1S/C13H21N3O/c1-3-7-14-12-8-10(2)15-13(16-12)9-17-11-5-4-6-11/h8,11H,3-7,9H2,1-2H3,(H,14,15,16). The third-order valence-corrected chi connectivity index (χ3v) is 2.96. The van der Waals surface area contributed by atoms with E-state index >= 15 is 0 Å². The number of rotatable bonds is 6. The number of aryl methyl sites for hydroxylation is 1. The minimum atomic E-state index is 0.436. The smallest absolute Gasteiger partial charge is 0.156 e. The van der Waals surface area contributed by atoms with Gasteiger partial charge in [-0.2, -0.15) is 0 Å². The zero-order valence-corrected chi connectivity index (χ0v) is 10.7. The fourth-order valence-electron chi connectivity index (χ4n) is 1.77. The van der Waals surface area contributed by atoms with E-state index in [0.29, 0.717) is 12.7 Å². The third kappa shape index (κ3) is 3.66. The second-order valence-corrected chi connectivity index (χ2v) is 4.60. The molecule has 0 saturated heterocycles. The molecule has 0 aliphatic heterocycles. The van der Waals surface area contributed by atoms with Gasteiger partial charge in [-0.25, -0.2) is 9.97 Å². The highest BCUT2D eigenvalue weighted by Crippen LogP contribution is 2.22. The van der Waals surface area contributed by atoms with E-state index < -0.39 is 0 Å². The molecule has 1 aliphatic carbocycles. The highest BCUT2D eigenvalue weighted by molar-refractivity contribution is 5.35. The molecule has 1 aromatic rings. The van der Waals surface area contributed by atoms with E-state index in [-0.39, 0.29) is 0 Å². The Kier molecular flexibility index (Phi) is 4.31. The molecule has 0 bridgehead atoms. The summed E-state index contributed by atoms with van der Waals surface area (Å²) in [5.74, 6) is 1.70. The van der Waals surface area contributed by atoms with Crippen molar-refractivity contribution < 1.29 is 4.74 Å². The summed E-state index contributed by atoms with van der Waals surface area (Å²) in [6.07, 6.45) is 5.20. The molecule has 1 N–H and O–H groups in total. The molecule has 4 nitrogen and oxygen atoms in total. The molecule has 0 aromatic carbocycles. The Morgan fingerprint density at radius 1 is 1.41 bits per heavy atom. The summed E-state index contributed by atoms with van der Waals surface area (Å²) in [6.45, 7) is 5.61. The Labute approximate surface area is 103 Å². The Morgan fingerprint density at radius 2 is 2.24 bits per heavy atom. The Bertz CT molecular complexity index is 364. The predicted octanol–water partition coefficient (Wildman–Crippen LogP) is 2.68. The van der Waals surface area contributed by atoms with Crippen LogP contribution in [0.1, 0.15) is 44.1 Å². The molecule has 1 aromatic heterocycles. The van der Waals surface area contributed by atoms with Crippen LogP contribution in [0.4, 0.5) is 5.82 Å². The maximum atomic E-state index is 5.73. The van der Waals surface area contributed by atoms with Crippen molar-refractivity contribution in [2.24, 2.45) is 0 Å². The Morgan fingerprint density at radius 3 is 2.88 bits per heavy atom. The second kappa shape index (κ2) is 5.96. The molecule has 1 saturated carbocycles. The highest BCUT2D eigenvalue weighted by Gasteiger charge is 2.18. The molecule has 17 heavy (non-hydrogen) atoms. The molecule has 1 fully saturated rings. The topological polar surface area (TPSA) is 47.0 Å². The summed E-state index contributed by atoms with van der Waals surface area (Å²) >= 11 is 0. The van der Waals surface area contributed by atoms with E-state index in [1.165, 1.54) is 19.3 Å². The van der Waals surface area contributed by atoms with Crippen LogP contribution in [0.5, 0.6) is 0 Å². The quantitative estimate of drug-likeness (QED) is 0.823. The zero-order chi connectivity index (χ0) is 12.1. The van der Waals surface area contributed by atoms with Crippen LogP contribution in [0, 0.1) is 6.92 Å². The number of hydrogen-bond acceptors (Lipinski definition) is 4. The Balaban J connectivity index is 1.92. The van der Waals surface area contributed by atoms with Gasteiger partial charge >= 0.3 is 0 Å².